The molecular formula is C18H17F3N2O4. The number of ether oxygens (including phenoxy) is 1. The van der Waals surface area contributed by atoms with Gasteiger partial charge in [-0.15, -0.1) is 0 Å². The molecule has 0 aliphatic heterocycles. The molecule has 1 aliphatic carbocycles. The van der Waals surface area contributed by atoms with Gasteiger partial charge in [0.2, 0.25) is 0 Å². The maximum Gasteiger partial charge on any atom is 0.416 e. The Morgan fingerprint density at radius 3 is 2.67 bits per heavy atom. The topological polar surface area (TPSA) is 81.4 Å². The van der Waals surface area contributed by atoms with Gasteiger partial charge >= 0.3 is 12.3 Å². The molecule has 1 saturated carbocycles. The van der Waals surface area contributed by atoms with Crippen molar-refractivity contribution in [1.29, 1.82) is 0 Å². The Bertz CT molecular complexity index is 857. The lowest BCUT2D eigenvalue weighted by Crippen LogP contribution is -2.18. The van der Waals surface area contributed by atoms with E-state index in [2.05, 4.69) is 10.5 Å². The molecule has 9 heteroatoms. The first kappa shape index (κ1) is 18.9. The predicted octanol–water partition coefficient (Wildman–Crippen LogP) is 4.76. The van der Waals surface area contributed by atoms with Gasteiger partial charge in [-0.3, -0.25) is 10.1 Å². The summed E-state index contributed by atoms with van der Waals surface area (Å²) < 4.78 is 49.1. The number of aromatic nitrogens is 1. The number of rotatable bonds is 6. The number of nitrogens with zero attached hydrogens (tertiary/aromatic N) is 1. The van der Waals surface area contributed by atoms with Crippen molar-refractivity contribution in [3.05, 3.63) is 46.8 Å². The summed E-state index contributed by atoms with van der Waals surface area (Å²) in [5.41, 5.74) is -1.18. The highest BCUT2D eigenvalue weighted by atomic mass is 19.4. The number of carbonyl (C=O) groups excluding carboxylic acids is 2. The lowest BCUT2D eigenvalue weighted by molar-refractivity contribution is -0.137. The van der Waals surface area contributed by atoms with Crippen LogP contribution in [-0.4, -0.2) is 23.6 Å². The highest BCUT2D eigenvalue weighted by Gasteiger charge is 2.35. The fourth-order valence-corrected chi connectivity index (χ4v) is 2.57. The molecule has 0 saturated heterocycles. The number of amides is 1. The minimum Gasteiger partial charge on any atom is -0.449 e. The van der Waals surface area contributed by atoms with Gasteiger partial charge in [-0.05, 0) is 37.5 Å². The Morgan fingerprint density at radius 2 is 2.04 bits per heavy atom. The molecular weight excluding hydrogens is 365 g/mol. The average Bonchev–Trinajstić information content (AvgIpc) is 3.35. The number of nitrogens with one attached hydrogen (secondary N) is 1. The Morgan fingerprint density at radius 1 is 1.30 bits per heavy atom. The molecule has 0 radical (unpaired) electrons. The van der Waals surface area contributed by atoms with Crippen LogP contribution in [-0.2, 0) is 10.9 Å². The van der Waals surface area contributed by atoms with Crippen LogP contribution < -0.4 is 5.32 Å². The van der Waals surface area contributed by atoms with Crippen LogP contribution >= 0.6 is 0 Å². The zero-order valence-corrected chi connectivity index (χ0v) is 14.4. The molecule has 3 rings (SSSR count). The normalized spacial score (nSPS) is 14.1. The standard InChI is InChI=1S/C18H17F3N2O4/c1-2-7-26-17(25)23-14-8-11(18(19,20)21)5-6-12(14)15(24)13-9-22-27-16(13)10-3-4-10/h5-6,8-10H,2-4,7H2,1H3,(H,23,25). The van der Waals surface area contributed by atoms with Crippen molar-refractivity contribution in [1.82, 2.24) is 5.16 Å². The monoisotopic (exact) mass is 382 g/mol. The molecule has 1 N–H and O–H groups in total. The van der Waals surface area contributed by atoms with E-state index in [0.29, 0.717) is 18.2 Å². The van der Waals surface area contributed by atoms with Crippen molar-refractivity contribution in [3.63, 3.8) is 0 Å². The number of anilines is 1. The minimum absolute atomic E-state index is 0.0897. The summed E-state index contributed by atoms with van der Waals surface area (Å²) in [5.74, 6) is -0.0658. The quantitative estimate of drug-likeness (QED) is 0.729. The summed E-state index contributed by atoms with van der Waals surface area (Å²) in [6.07, 6.45) is -2.05. The van der Waals surface area contributed by atoms with Crippen LogP contribution in [0, 0.1) is 0 Å². The summed E-state index contributed by atoms with van der Waals surface area (Å²) in [7, 11) is 0. The lowest BCUT2D eigenvalue weighted by atomic mass is 9.99. The van der Waals surface area contributed by atoms with E-state index in [4.69, 9.17) is 9.26 Å². The Kier molecular flexibility index (Phi) is 5.20. The summed E-state index contributed by atoms with van der Waals surface area (Å²) in [6, 6.07) is 2.54. The van der Waals surface area contributed by atoms with E-state index in [1.54, 1.807) is 6.92 Å². The zero-order chi connectivity index (χ0) is 19.6. The van der Waals surface area contributed by atoms with Crippen LogP contribution in [0.15, 0.2) is 28.9 Å². The number of hydrogen-bond donors (Lipinski definition) is 1. The first-order valence-corrected chi connectivity index (χ1v) is 8.45. The van der Waals surface area contributed by atoms with Gasteiger partial charge in [0.05, 0.1) is 29.6 Å². The average molecular weight is 382 g/mol. The molecule has 144 valence electrons. The van der Waals surface area contributed by atoms with Crippen molar-refractivity contribution < 1.29 is 32.0 Å². The molecule has 0 bridgehead atoms. The van der Waals surface area contributed by atoms with Crippen LogP contribution in [0.1, 0.15) is 59.3 Å². The highest BCUT2D eigenvalue weighted by Crippen LogP contribution is 2.42. The molecule has 1 aromatic carbocycles. The van der Waals surface area contributed by atoms with Crippen LogP contribution in [0.4, 0.5) is 23.7 Å². The number of alkyl halides is 3. The van der Waals surface area contributed by atoms with E-state index in [0.717, 1.165) is 25.0 Å². The number of benzene rings is 1. The maximum absolute atomic E-state index is 13.0. The van der Waals surface area contributed by atoms with Gasteiger partial charge in [-0.2, -0.15) is 13.2 Å². The Balaban J connectivity index is 1.96. The molecule has 2 aromatic rings. The Labute approximate surface area is 152 Å². The molecule has 0 spiro atoms. The molecule has 1 heterocycles. The summed E-state index contributed by atoms with van der Waals surface area (Å²) in [4.78, 5) is 24.7. The van der Waals surface area contributed by atoms with Gasteiger partial charge in [-0.1, -0.05) is 12.1 Å². The van der Waals surface area contributed by atoms with E-state index in [9.17, 15) is 22.8 Å². The fraction of sp³-hybridized carbons (Fsp3) is 0.389. The number of hydrogen-bond acceptors (Lipinski definition) is 5. The van der Waals surface area contributed by atoms with E-state index in [1.807, 2.05) is 0 Å². The van der Waals surface area contributed by atoms with Crippen LogP contribution in [0.2, 0.25) is 0 Å². The van der Waals surface area contributed by atoms with Crippen LogP contribution in [0.5, 0.6) is 0 Å². The Hall–Kier alpha value is -2.84. The van der Waals surface area contributed by atoms with Crippen molar-refractivity contribution in [2.24, 2.45) is 0 Å². The van der Waals surface area contributed by atoms with Gasteiger partial charge in [0.15, 0.2) is 11.5 Å². The third-order valence-electron chi connectivity index (χ3n) is 4.06. The highest BCUT2D eigenvalue weighted by molar-refractivity contribution is 6.14. The fourth-order valence-electron chi connectivity index (χ4n) is 2.57. The first-order valence-electron chi connectivity index (χ1n) is 8.45. The zero-order valence-electron chi connectivity index (χ0n) is 14.4. The van der Waals surface area contributed by atoms with Crippen molar-refractivity contribution in [2.75, 3.05) is 11.9 Å². The second-order valence-electron chi connectivity index (χ2n) is 6.23. The molecule has 1 amide bonds. The van der Waals surface area contributed by atoms with Gasteiger partial charge in [-0.25, -0.2) is 4.79 Å². The summed E-state index contributed by atoms with van der Waals surface area (Å²) in [5, 5.41) is 5.86. The molecule has 1 aliphatic rings. The molecule has 0 atom stereocenters. The summed E-state index contributed by atoms with van der Waals surface area (Å²) >= 11 is 0. The van der Waals surface area contributed by atoms with E-state index >= 15 is 0 Å². The SMILES string of the molecule is CCCOC(=O)Nc1cc(C(F)(F)F)ccc1C(=O)c1cnoc1C1CC1. The van der Waals surface area contributed by atoms with Gasteiger partial charge in [0.25, 0.3) is 0 Å². The predicted molar refractivity (Wildman–Crippen MR) is 88.6 cm³/mol. The van der Waals surface area contributed by atoms with E-state index in [-0.39, 0.29) is 29.3 Å². The lowest BCUT2D eigenvalue weighted by Gasteiger charge is -2.14. The van der Waals surface area contributed by atoms with E-state index < -0.39 is 23.6 Å². The first-order chi connectivity index (χ1) is 12.8. The molecule has 27 heavy (non-hydrogen) atoms. The number of halogens is 3. The second kappa shape index (κ2) is 7.42. The third kappa shape index (κ3) is 4.29. The van der Waals surface area contributed by atoms with Crippen molar-refractivity contribution in [2.45, 2.75) is 38.3 Å². The van der Waals surface area contributed by atoms with Crippen LogP contribution in [0.3, 0.4) is 0 Å². The molecule has 0 unspecified atom stereocenters. The summed E-state index contributed by atoms with van der Waals surface area (Å²) in [6.45, 7) is 1.88. The van der Waals surface area contributed by atoms with Gasteiger partial charge in [0, 0.05) is 11.5 Å². The van der Waals surface area contributed by atoms with Crippen molar-refractivity contribution in [3.8, 4) is 0 Å². The van der Waals surface area contributed by atoms with E-state index in [1.165, 1.54) is 6.20 Å². The molecule has 1 fully saturated rings. The molecule has 1 aromatic heterocycles. The molecule has 6 nitrogen and oxygen atoms in total. The van der Waals surface area contributed by atoms with Crippen molar-refractivity contribution >= 4 is 17.6 Å². The maximum atomic E-state index is 13.0. The second-order valence-corrected chi connectivity index (χ2v) is 6.23. The minimum atomic E-state index is -4.62. The third-order valence-corrected chi connectivity index (χ3v) is 4.06. The smallest absolute Gasteiger partial charge is 0.416 e. The van der Waals surface area contributed by atoms with Gasteiger partial charge < -0.3 is 9.26 Å². The number of carbonyl (C=O) groups is 2. The van der Waals surface area contributed by atoms with Gasteiger partial charge in [0.1, 0.15) is 0 Å². The largest absolute Gasteiger partial charge is 0.449 e. The number of ketones is 1. The van der Waals surface area contributed by atoms with Crippen LogP contribution in [0.25, 0.3) is 0 Å².